The number of ether oxygens (including phenoxy) is 1. The predicted molar refractivity (Wildman–Crippen MR) is 55.5 cm³/mol. The topological polar surface area (TPSA) is 72.6 Å². The number of rotatable bonds is 1. The molecule has 7 heteroatoms. The Morgan fingerprint density at radius 2 is 1.94 bits per heavy atom. The summed E-state index contributed by atoms with van der Waals surface area (Å²) in [6, 6.07) is -1.31. The van der Waals surface area contributed by atoms with E-state index in [-0.39, 0.29) is 0 Å². The molecule has 98 valence electrons. The Bertz CT molecular complexity index is 339. The van der Waals surface area contributed by atoms with Crippen LogP contribution in [0.15, 0.2) is 0 Å². The normalized spacial score (nSPS) is 23.6. The summed E-state index contributed by atoms with van der Waals surface area (Å²) in [7, 11) is 0. The molecule has 0 bridgehead atoms. The fraction of sp³-hybridized carbons (Fsp3) is 0.800. The van der Waals surface area contributed by atoms with Crippen LogP contribution in [0.2, 0.25) is 0 Å². The highest BCUT2D eigenvalue weighted by atomic mass is 19.3. The monoisotopic (exact) mass is 250 g/mol. The van der Waals surface area contributed by atoms with Crippen molar-refractivity contribution in [1.82, 2.24) is 4.90 Å². The minimum absolute atomic E-state index is 0.688. The molecule has 0 aromatic heterocycles. The van der Waals surface area contributed by atoms with Crippen molar-refractivity contribution >= 4 is 12.0 Å². The molecule has 0 aliphatic carbocycles. The van der Waals surface area contributed by atoms with Crippen LogP contribution in [0.3, 0.4) is 0 Å². The van der Waals surface area contributed by atoms with Crippen molar-refractivity contribution in [3.05, 3.63) is 0 Å². The highest BCUT2D eigenvalue weighted by molar-refractivity contribution is 5.85. The van der Waals surface area contributed by atoms with Crippen LogP contribution in [-0.4, -0.2) is 41.0 Å². The minimum atomic E-state index is -3.10. The number of carbonyl (C=O) groups excluding carboxylic acids is 2. The SMILES string of the molecule is CC(C)(C)OC(=O)N1CC(F)(F)C[C@@H]1C(N)=O. The summed E-state index contributed by atoms with van der Waals surface area (Å²) >= 11 is 0. The zero-order valence-corrected chi connectivity index (χ0v) is 10.00. The maximum Gasteiger partial charge on any atom is 0.411 e. The van der Waals surface area contributed by atoms with Crippen LogP contribution in [0.1, 0.15) is 27.2 Å². The van der Waals surface area contributed by atoms with Gasteiger partial charge in [-0.05, 0) is 20.8 Å². The zero-order chi connectivity index (χ0) is 13.4. The molecular weight excluding hydrogens is 234 g/mol. The molecule has 1 aliphatic rings. The van der Waals surface area contributed by atoms with Gasteiger partial charge in [-0.3, -0.25) is 9.69 Å². The second-order valence-corrected chi connectivity index (χ2v) is 5.09. The summed E-state index contributed by atoms with van der Waals surface area (Å²) in [4.78, 5) is 23.3. The first kappa shape index (κ1) is 13.7. The standard InChI is InChI=1S/C10H16F2N2O3/c1-9(2,3)17-8(16)14-5-10(11,12)4-6(14)7(13)15/h6H,4-5H2,1-3H3,(H2,13,15)/t6-/m1/s1. The van der Waals surface area contributed by atoms with E-state index in [4.69, 9.17) is 10.5 Å². The Labute approximate surface area is 97.9 Å². The maximum absolute atomic E-state index is 13.1. The number of alkyl halides is 2. The molecule has 5 nitrogen and oxygen atoms in total. The van der Waals surface area contributed by atoms with Gasteiger partial charge in [0.25, 0.3) is 5.92 Å². The summed E-state index contributed by atoms with van der Waals surface area (Å²) in [6.07, 6.45) is -1.69. The van der Waals surface area contributed by atoms with Crippen molar-refractivity contribution in [3.8, 4) is 0 Å². The van der Waals surface area contributed by atoms with Crippen molar-refractivity contribution in [3.63, 3.8) is 0 Å². The fourth-order valence-electron chi connectivity index (χ4n) is 1.58. The zero-order valence-electron chi connectivity index (χ0n) is 10.00. The van der Waals surface area contributed by atoms with Gasteiger partial charge in [0, 0.05) is 6.42 Å². The van der Waals surface area contributed by atoms with E-state index in [0.717, 1.165) is 0 Å². The third kappa shape index (κ3) is 3.54. The van der Waals surface area contributed by atoms with Gasteiger partial charge in [-0.1, -0.05) is 0 Å². The van der Waals surface area contributed by atoms with Crippen molar-refractivity contribution < 1.29 is 23.1 Å². The number of nitrogens with two attached hydrogens (primary N) is 1. The van der Waals surface area contributed by atoms with Crippen LogP contribution >= 0.6 is 0 Å². The third-order valence-electron chi connectivity index (χ3n) is 2.23. The summed E-state index contributed by atoms with van der Waals surface area (Å²) in [5.41, 5.74) is 4.18. The predicted octanol–water partition coefficient (Wildman–Crippen LogP) is 1.12. The van der Waals surface area contributed by atoms with Crippen molar-refractivity contribution in [2.45, 2.75) is 44.8 Å². The van der Waals surface area contributed by atoms with Gasteiger partial charge >= 0.3 is 6.09 Å². The lowest BCUT2D eigenvalue weighted by Gasteiger charge is -2.26. The molecule has 1 aliphatic heterocycles. The van der Waals surface area contributed by atoms with Crippen LogP contribution in [0.25, 0.3) is 0 Å². The number of nitrogens with zero attached hydrogens (tertiary/aromatic N) is 1. The highest BCUT2D eigenvalue weighted by Gasteiger charge is 2.50. The Morgan fingerprint density at radius 3 is 2.35 bits per heavy atom. The smallest absolute Gasteiger partial charge is 0.411 e. The summed E-state index contributed by atoms with van der Waals surface area (Å²) in [6.45, 7) is 3.99. The molecule has 2 amide bonds. The summed E-state index contributed by atoms with van der Waals surface area (Å²) in [5.74, 6) is -4.05. The number of likely N-dealkylation sites (tertiary alicyclic amines) is 1. The Kier molecular flexibility index (Phi) is 3.31. The molecule has 1 heterocycles. The van der Waals surface area contributed by atoms with Gasteiger partial charge in [-0.25, -0.2) is 13.6 Å². The van der Waals surface area contributed by atoms with Crippen LogP contribution in [0.5, 0.6) is 0 Å². The van der Waals surface area contributed by atoms with Crippen molar-refractivity contribution in [2.75, 3.05) is 6.54 Å². The van der Waals surface area contributed by atoms with Crippen LogP contribution in [-0.2, 0) is 9.53 Å². The quantitative estimate of drug-likeness (QED) is 0.757. The van der Waals surface area contributed by atoms with Gasteiger partial charge in [0.15, 0.2) is 0 Å². The lowest BCUT2D eigenvalue weighted by Crippen LogP contribution is -2.45. The summed E-state index contributed by atoms with van der Waals surface area (Å²) in [5, 5.41) is 0. The van der Waals surface area contributed by atoms with Crippen LogP contribution in [0.4, 0.5) is 13.6 Å². The Balaban J connectivity index is 2.81. The van der Waals surface area contributed by atoms with E-state index in [1.54, 1.807) is 20.8 Å². The van der Waals surface area contributed by atoms with Crippen molar-refractivity contribution in [1.29, 1.82) is 0 Å². The van der Waals surface area contributed by atoms with Gasteiger partial charge < -0.3 is 10.5 Å². The Morgan fingerprint density at radius 1 is 1.41 bits per heavy atom. The molecule has 0 aromatic carbocycles. The average Bonchev–Trinajstić information content (AvgIpc) is 2.38. The largest absolute Gasteiger partial charge is 0.444 e. The molecule has 1 rings (SSSR count). The van der Waals surface area contributed by atoms with E-state index in [9.17, 15) is 18.4 Å². The van der Waals surface area contributed by atoms with Gasteiger partial charge in [-0.15, -0.1) is 0 Å². The first-order chi connectivity index (χ1) is 7.52. The van der Waals surface area contributed by atoms with Gasteiger partial charge in [0.05, 0.1) is 6.54 Å². The number of amides is 2. The molecule has 0 saturated carbocycles. The molecule has 0 radical (unpaired) electrons. The highest BCUT2D eigenvalue weighted by Crippen LogP contribution is 2.32. The molecular formula is C10H16F2N2O3. The van der Waals surface area contributed by atoms with Gasteiger partial charge in [0.1, 0.15) is 11.6 Å². The molecule has 0 spiro atoms. The van der Waals surface area contributed by atoms with E-state index in [2.05, 4.69) is 0 Å². The molecule has 17 heavy (non-hydrogen) atoms. The molecule has 1 saturated heterocycles. The molecule has 1 atom stereocenters. The molecule has 1 fully saturated rings. The number of halogens is 2. The van der Waals surface area contributed by atoms with E-state index in [1.165, 1.54) is 0 Å². The number of hydrogen-bond donors (Lipinski definition) is 1. The van der Waals surface area contributed by atoms with E-state index in [1.807, 2.05) is 0 Å². The first-order valence-corrected chi connectivity index (χ1v) is 5.19. The van der Waals surface area contributed by atoms with Crippen LogP contribution < -0.4 is 5.73 Å². The molecule has 2 N–H and O–H groups in total. The van der Waals surface area contributed by atoms with E-state index < -0.39 is 42.5 Å². The average molecular weight is 250 g/mol. The number of carbonyl (C=O) groups is 2. The second-order valence-electron chi connectivity index (χ2n) is 5.09. The van der Waals surface area contributed by atoms with E-state index in [0.29, 0.717) is 4.90 Å². The van der Waals surface area contributed by atoms with Crippen LogP contribution in [0, 0.1) is 0 Å². The molecule has 0 aromatic rings. The summed E-state index contributed by atoms with van der Waals surface area (Å²) < 4.78 is 31.2. The maximum atomic E-state index is 13.1. The third-order valence-corrected chi connectivity index (χ3v) is 2.23. The second kappa shape index (κ2) is 4.12. The lowest BCUT2D eigenvalue weighted by molar-refractivity contribution is -0.122. The first-order valence-electron chi connectivity index (χ1n) is 5.19. The number of primary amides is 1. The number of hydrogen-bond acceptors (Lipinski definition) is 3. The lowest BCUT2D eigenvalue weighted by atomic mass is 10.2. The van der Waals surface area contributed by atoms with E-state index >= 15 is 0 Å². The van der Waals surface area contributed by atoms with Gasteiger partial charge in [0.2, 0.25) is 5.91 Å². The fourth-order valence-corrected chi connectivity index (χ4v) is 1.58. The van der Waals surface area contributed by atoms with Gasteiger partial charge in [-0.2, -0.15) is 0 Å². The minimum Gasteiger partial charge on any atom is -0.444 e. The van der Waals surface area contributed by atoms with Crippen molar-refractivity contribution in [2.24, 2.45) is 5.73 Å². The molecule has 0 unspecified atom stereocenters. The Hall–Kier alpha value is -1.40.